The molecule has 0 radical (unpaired) electrons. The smallest absolute Gasteiger partial charge is 0.227 e. The number of hydrogen-bond donors (Lipinski definition) is 0. The Bertz CT molecular complexity index is 1180. The number of amides is 1. The van der Waals surface area contributed by atoms with Crippen LogP contribution in [0.4, 0.5) is 0 Å². The van der Waals surface area contributed by atoms with Crippen LogP contribution in [-0.2, 0) is 26.3 Å². The lowest BCUT2D eigenvalue weighted by Gasteiger charge is -2.45. The predicted molar refractivity (Wildman–Crippen MR) is 168 cm³/mol. The molecule has 41 heavy (non-hydrogen) atoms. The van der Waals surface area contributed by atoms with Crippen LogP contribution >= 0.6 is 23.2 Å². The largest absolute Gasteiger partial charge is 0.367 e. The third-order valence-corrected chi connectivity index (χ3v) is 9.46. The van der Waals surface area contributed by atoms with Crippen LogP contribution in [0.1, 0.15) is 55.4 Å². The van der Waals surface area contributed by atoms with Crippen molar-refractivity contribution in [2.45, 2.75) is 64.6 Å². The highest BCUT2D eigenvalue weighted by Gasteiger charge is 2.41. The Labute approximate surface area is 256 Å². The van der Waals surface area contributed by atoms with E-state index in [1.54, 1.807) is 0 Å². The van der Waals surface area contributed by atoms with Crippen LogP contribution in [0.3, 0.4) is 0 Å². The monoisotopic (exact) mass is 603 g/mol. The van der Waals surface area contributed by atoms with Gasteiger partial charge in [0.15, 0.2) is 0 Å². The average Bonchev–Trinajstić information content (AvgIpc) is 2.92. The van der Waals surface area contributed by atoms with Gasteiger partial charge in [-0.3, -0.25) is 9.69 Å². The number of hydrogen-bond acceptors (Lipinski definition) is 5. The topological polar surface area (TPSA) is 45.3 Å². The second kappa shape index (κ2) is 13.7. The SMILES string of the molecule is Cc1cc(C)cc(CC(=O)N2CCOC(CCN3CCC(C(C)(C)OCN(C)C)CC3)(c3ccc(Cl)c(Cl)c3)C2)c1. The first kappa shape index (κ1) is 32.2. The van der Waals surface area contributed by atoms with E-state index in [2.05, 4.69) is 55.7 Å². The van der Waals surface area contributed by atoms with Gasteiger partial charge in [0, 0.05) is 13.1 Å². The Balaban J connectivity index is 1.46. The minimum absolute atomic E-state index is 0.128. The number of morpholine rings is 1. The second-order valence-electron chi connectivity index (χ2n) is 12.8. The van der Waals surface area contributed by atoms with Crippen LogP contribution in [0.5, 0.6) is 0 Å². The number of carbonyl (C=O) groups is 1. The maximum atomic E-state index is 13.6. The molecular formula is C33H47Cl2N3O3. The molecule has 2 fully saturated rings. The maximum Gasteiger partial charge on any atom is 0.227 e. The molecule has 0 aliphatic carbocycles. The number of likely N-dealkylation sites (tertiary alicyclic amines) is 1. The predicted octanol–water partition coefficient (Wildman–Crippen LogP) is 6.32. The quantitative estimate of drug-likeness (QED) is 0.297. The molecule has 6 nitrogen and oxygen atoms in total. The molecule has 2 aliphatic rings. The molecule has 2 aromatic rings. The molecule has 8 heteroatoms. The first-order chi connectivity index (χ1) is 19.4. The lowest BCUT2D eigenvalue weighted by atomic mass is 9.82. The molecule has 0 N–H and O–H groups in total. The van der Waals surface area contributed by atoms with E-state index in [1.807, 2.05) is 37.2 Å². The summed E-state index contributed by atoms with van der Waals surface area (Å²) in [5.74, 6) is 0.649. The van der Waals surface area contributed by atoms with Gasteiger partial charge in [0.05, 0.1) is 41.9 Å². The van der Waals surface area contributed by atoms with E-state index in [0.29, 0.717) is 48.8 Å². The fraction of sp³-hybridized carbons (Fsp3) is 0.606. The summed E-state index contributed by atoms with van der Waals surface area (Å²) in [6, 6.07) is 12.1. The summed E-state index contributed by atoms with van der Waals surface area (Å²) in [6.45, 7) is 13.7. The number of piperidine rings is 1. The second-order valence-corrected chi connectivity index (χ2v) is 13.6. The van der Waals surface area contributed by atoms with Crippen molar-refractivity contribution >= 4 is 29.1 Å². The molecule has 0 saturated carbocycles. The molecule has 1 unspecified atom stereocenters. The van der Waals surface area contributed by atoms with Gasteiger partial charge >= 0.3 is 0 Å². The van der Waals surface area contributed by atoms with Crippen LogP contribution in [0.15, 0.2) is 36.4 Å². The van der Waals surface area contributed by atoms with Gasteiger partial charge in [0.25, 0.3) is 0 Å². The molecule has 2 aromatic carbocycles. The molecule has 1 atom stereocenters. The lowest BCUT2D eigenvalue weighted by molar-refractivity contribution is -0.154. The van der Waals surface area contributed by atoms with Crippen molar-refractivity contribution in [1.29, 1.82) is 0 Å². The highest BCUT2D eigenvalue weighted by atomic mass is 35.5. The molecule has 2 saturated heterocycles. The highest BCUT2D eigenvalue weighted by Crippen LogP contribution is 2.38. The molecular weight excluding hydrogens is 557 g/mol. The van der Waals surface area contributed by atoms with Gasteiger partial charge in [0.2, 0.25) is 5.91 Å². The summed E-state index contributed by atoms with van der Waals surface area (Å²) in [7, 11) is 4.07. The summed E-state index contributed by atoms with van der Waals surface area (Å²) in [6.07, 6.45) is 3.35. The van der Waals surface area contributed by atoms with Crippen molar-refractivity contribution in [2.24, 2.45) is 5.92 Å². The molecule has 0 bridgehead atoms. The first-order valence-corrected chi connectivity index (χ1v) is 15.6. The molecule has 0 aromatic heterocycles. The van der Waals surface area contributed by atoms with Crippen molar-refractivity contribution < 1.29 is 14.3 Å². The Kier molecular flexibility index (Phi) is 10.8. The Morgan fingerprint density at radius 3 is 2.37 bits per heavy atom. The number of benzene rings is 2. The zero-order valence-electron chi connectivity index (χ0n) is 25.6. The van der Waals surface area contributed by atoms with Crippen LogP contribution in [-0.4, -0.2) is 86.4 Å². The zero-order valence-corrected chi connectivity index (χ0v) is 27.2. The number of carbonyl (C=O) groups excluding carboxylic acids is 1. The normalized spacial score (nSPS) is 21.0. The third-order valence-electron chi connectivity index (χ3n) is 8.72. The van der Waals surface area contributed by atoms with E-state index in [0.717, 1.165) is 50.0 Å². The molecule has 1 amide bonds. The van der Waals surface area contributed by atoms with Crippen LogP contribution in [0, 0.1) is 19.8 Å². The van der Waals surface area contributed by atoms with Gasteiger partial charge in [0.1, 0.15) is 5.60 Å². The lowest BCUT2D eigenvalue weighted by Crippen LogP contribution is -2.53. The summed E-state index contributed by atoms with van der Waals surface area (Å²) in [4.78, 5) is 20.1. The summed E-state index contributed by atoms with van der Waals surface area (Å²) in [5.41, 5.74) is 3.59. The van der Waals surface area contributed by atoms with Gasteiger partial charge < -0.3 is 19.3 Å². The highest BCUT2D eigenvalue weighted by molar-refractivity contribution is 6.42. The van der Waals surface area contributed by atoms with Crippen LogP contribution in [0.25, 0.3) is 0 Å². The van der Waals surface area contributed by atoms with Gasteiger partial charge in [-0.25, -0.2) is 0 Å². The number of aryl methyl sites for hydroxylation is 2. The first-order valence-electron chi connectivity index (χ1n) is 14.8. The van der Waals surface area contributed by atoms with Crippen molar-refractivity contribution in [3.05, 3.63) is 68.7 Å². The standard InChI is InChI=1S/C33H47Cl2N3O3/c1-24-17-25(2)19-26(18-24)20-31(39)38-15-16-40-33(22-38,28-7-8-29(34)30(35)21-28)11-14-37-12-9-27(10-13-37)32(3,4)41-23-36(5)6/h7-8,17-19,21,27H,9-16,20,22-23H2,1-6H3. The Morgan fingerprint density at radius 1 is 1.05 bits per heavy atom. The Hall–Kier alpha value is -1.67. The Morgan fingerprint density at radius 2 is 1.73 bits per heavy atom. The minimum Gasteiger partial charge on any atom is -0.367 e. The van der Waals surface area contributed by atoms with Gasteiger partial charge in [-0.15, -0.1) is 0 Å². The molecule has 4 rings (SSSR count). The van der Waals surface area contributed by atoms with E-state index >= 15 is 0 Å². The van der Waals surface area contributed by atoms with Crippen molar-refractivity contribution in [1.82, 2.24) is 14.7 Å². The van der Waals surface area contributed by atoms with E-state index in [9.17, 15) is 4.79 Å². The number of ether oxygens (including phenoxy) is 2. The fourth-order valence-corrected chi connectivity index (χ4v) is 6.61. The third kappa shape index (κ3) is 8.46. The average molecular weight is 605 g/mol. The van der Waals surface area contributed by atoms with Gasteiger partial charge in [-0.05, 0) is 103 Å². The molecule has 2 heterocycles. The van der Waals surface area contributed by atoms with Crippen molar-refractivity contribution in [3.63, 3.8) is 0 Å². The maximum absolute atomic E-state index is 13.6. The number of halogens is 2. The van der Waals surface area contributed by atoms with Gasteiger partial charge in [-0.1, -0.05) is 58.6 Å². The summed E-state index contributed by atoms with van der Waals surface area (Å²) in [5, 5.41) is 1.02. The fourth-order valence-electron chi connectivity index (χ4n) is 6.31. The van der Waals surface area contributed by atoms with Crippen LogP contribution < -0.4 is 0 Å². The van der Waals surface area contributed by atoms with Gasteiger partial charge in [-0.2, -0.15) is 0 Å². The minimum atomic E-state index is -0.643. The van der Waals surface area contributed by atoms with E-state index in [1.165, 1.54) is 11.1 Å². The van der Waals surface area contributed by atoms with Crippen molar-refractivity contribution in [3.8, 4) is 0 Å². The van der Waals surface area contributed by atoms with Crippen molar-refractivity contribution in [2.75, 3.05) is 60.2 Å². The molecule has 0 spiro atoms. The van der Waals surface area contributed by atoms with E-state index < -0.39 is 5.60 Å². The zero-order chi connectivity index (χ0) is 29.8. The molecule has 2 aliphatic heterocycles. The summed E-state index contributed by atoms with van der Waals surface area (Å²) >= 11 is 12.8. The molecule has 226 valence electrons. The van der Waals surface area contributed by atoms with E-state index in [4.69, 9.17) is 32.7 Å². The summed E-state index contributed by atoms with van der Waals surface area (Å²) < 4.78 is 12.8. The van der Waals surface area contributed by atoms with E-state index in [-0.39, 0.29) is 11.5 Å². The number of nitrogens with zero attached hydrogens (tertiary/aromatic N) is 3. The number of rotatable bonds is 10. The van der Waals surface area contributed by atoms with Crippen LogP contribution in [0.2, 0.25) is 10.0 Å².